The molecule has 0 bridgehead atoms. The molecule has 0 saturated heterocycles. The highest BCUT2D eigenvalue weighted by Crippen LogP contribution is 2.36. The summed E-state index contributed by atoms with van der Waals surface area (Å²) >= 11 is 0. The quantitative estimate of drug-likeness (QED) is 0.566. The van der Waals surface area contributed by atoms with Gasteiger partial charge in [0.25, 0.3) is 5.91 Å². The molecule has 1 atom stereocenters. The van der Waals surface area contributed by atoms with Crippen molar-refractivity contribution in [3.63, 3.8) is 0 Å². The van der Waals surface area contributed by atoms with E-state index in [0.717, 1.165) is 37.0 Å². The lowest BCUT2D eigenvalue weighted by molar-refractivity contribution is -0.160. The first kappa shape index (κ1) is 20.4. The molecule has 0 N–H and O–H groups in total. The summed E-state index contributed by atoms with van der Waals surface area (Å²) in [6, 6.07) is 18.4. The SMILES string of the molecule is CCC(OCCCc1cccc(OC)c1)(C(=O)N(C)C1CC1)c1ccccc1. The van der Waals surface area contributed by atoms with Gasteiger partial charge in [0, 0.05) is 19.7 Å². The van der Waals surface area contributed by atoms with Crippen LogP contribution in [0.15, 0.2) is 54.6 Å². The minimum atomic E-state index is -0.910. The van der Waals surface area contributed by atoms with Crippen LogP contribution in [0.2, 0.25) is 0 Å². The molecule has 0 aromatic heterocycles. The monoisotopic (exact) mass is 381 g/mol. The highest BCUT2D eigenvalue weighted by atomic mass is 16.5. The predicted molar refractivity (Wildman–Crippen MR) is 111 cm³/mol. The van der Waals surface area contributed by atoms with Crippen LogP contribution in [-0.4, -0.2) is 37.6 Å². The number of carbonyl (C=O) groups excluding carboxylic acids is 1. The maximum atomic E-state index is 13.4. The number of aryl methyl sites for hydroxylation is 1. The van der Waals surface area contributed by atoms with E-state index in [-0.39, 0.29) is 5.91 Å². The van der Waals surface area contributed by atoms with Crippen LogP contribution in [-0.2, 0) is 21.6 Å². The van der Waals surface area contributed by atoms with Crippen molar-refractivity contribution < 1.29 is 14.3 Å². The summed E-state index contributed by atoms with van der Waals surface area (Å²) in [4.78, 5) is 15.3. The molecule has 2 aromatic carbocycles. The van der Waals surface area contributed by atoms with Crippen molar-refractivity contribution in [3.8, 4) is 5.75 Å². The van der Waals surface area contributed by atoms with Crippen LogP contribution in [0.5, 0.6) is 5.75 Å². The summed E-state index contributed by atoms with van der Waals surface area (Å²) < 4.78 is 11.7. The zero-order chi connectivity index (χ0) is 20.0. The molecule has 0 heterocycles. The number of carbonyl (C=O) groups is 1. The van der Waals surface area contributed by atoms with Crippen LogP contribution in [0.1, 0.15) is 43.7 Å². The van der Waals surface area contributed by atoms with Gasteiger partial charge in [0.1, 0.15) is 5.75 Å². The number of nitrogens with zero attached hydrogens (tertiary/aromatic N) is 1. The van der Waals surface area contributed by atoms with Crippen LogP contribution in [0.25, 0.3) is 0 Å². The number of benzene rings is 2. The van der Waals surface area contributed by atoms with Crippen molar-refractivity contribution in [2.24, 2.45) is 0 Å². The fourth-order valence-corrected chi connectivity index (χ4v) is 3.70. The Labute approximate surface area is 168 Å². The molecule has 4 heteroatoms. The Kier molecular flexibility index (Phi) is 6.74. The Morgan fingerprint density at radius 3 is 2.54 bits per heavy atom. The minimum absolute atomic E-state index is 0.0741. The van der Waals surface area contributed by atoms with Gasteiger partial charge in [0.2, 0.25) is 0 Å². The van der Waals surface area contributed by atoms with E-state index < -0.39 is 5.60 Å². The third-order valence-corrected chi connectivity index (χ3v) is 5.59. The number of ether oxygens (including phenoxy) is 2. The van der Waals surface area contributed by atoms with Gasteiger partial charge in [-0.3, -0.25) is 4.79 Å². The fourth-order valence-electron chi connectivity index (χ4n) is 3.70. The van der Waals surface area contributed by atoms with Crippen LogP contribution < -0.4 is 4.74 Å². The van der Waals surface area contributed by atoms with E-state index in [1.54, 1.807) is 7.11 Å². The van der Waals surface area contributed by atoms with Gasteiger partial charge in [0.15, 0.2) is 5.60 Å². The molecule has 1 aliphatic rings. The van der Waals surface area contributed by atoms with E-state index in [1.165, 1.54) is 5.56 Å². The number of hydrogen-bond acceptors (Lipinski definition) is 3. The highest BCUT2D eigenvalue weighted by Gasteiger charge is 2.44. The van der Waals surface area contributed by atoms with E-state index in [2.05, 4.69) is 12.1 Å². The van der Waals surface area contributed by atoms with Crippen LogP contribution in [0.4, 0.5) is 0 Å². The zero-order valence-corrected chi connectivity index (χ0v) is 17.2. The molecule has 2 aromatic rings. The molecule has 0 spiro atoms. The van der Waals surface area contributed by atoms with Gasteiger partial charge in [-0.05, 0) is 55.4 Å². The standard InChI is InChI=1S/C24H31NO3/c1-4-24(20-12-6-5-7-13-20,23(26)25(2)21-15-16-21)28-17-9-11-19-10-8-14-22(18-19)27-3/h5-8,10,12-14,18,21H,4,9,11,15-17H2,1-3H3. The molecule has 1 amide bonds. The molecule has 1 saturated carbocycles. The van der Waals surface area contributed by atoms with Gasteiger partial charge in [-0.1, -0.05) is 49.4 Å². The van der Waals surface area contributed by atoms with Crippen molar-refractivity contribution in [1.82, 2.24) is 4.90 Å². The van der Waals surface area contributed by atoms with Crippen LogP contribution in [0.3, 0.4) is 0 Å². The third kappa shape index (κ3) is 4.56. The first-order valence-electron chi connectivity index (χ1n) is 10.2. The summed E-state index contributed by atoms with van der Waals surface area (Å²) in [5, 5.41) is 0. The summed E-state index contributed by atoms with van der Waals surface area (Å²) in [7, 11) is 3.59. The highest BCUT2D eigenvalue weighted by molar-refractivity contribution is 5.87. The molecule has 1 aliphatic carbocycles. The number of rotatable bonds is 10. The lowest BCUT2D eigenvalue weighted by Crippen LogP contribution is -2.48. The van der Waals surface area contributed by atoms with Gasteiger partial charge in [-0.15, -0.1) is 0 Å². The summed E-state index contributed by atoms with van der Waals surface area (Å²) in [6.45, 7) is 2.57. The van der Waals surface area contributed by atoms with Gasteiger partial charge in [0.05, 0.1) is 7.11 Å². The van der Waals surface area contributed by atoms with E-state index in [9.17, 15) is 4.79 Å². The van der Waals surface area contributed by atoms with Crippen molar-refractivity contribution in [3.05, 3.63) is 65.7 Å². The van der Waals surface area contributed by atoms with E-state index in [4.69, 9.17) is 9.47 Å². The normalized spacial score (nSPS) is 15.7. The van der Waals surface area contributed by atoms with Gasteiger partial charge < -0.3 is 14.4 Å². The average Bonchev–Trinajstić information content (AvgIpc) is 3.59. The Bertz CT molecular complexity index is 772. The van der Waals surface area contributed by atoms with Crippen molar-refractivity contribution >= 4 is 5.91 Å². The van der Waals surface area contributed by atoms with Gasteiger partial charge >= 0.3 is 0 Å². The maximum Gasteiger partial charge on any atom is 0.259 e. The molecule has 3 rings (SSSR count). The topological polar surface area (TPSA) is 38.8 Å². The molecule has 28 heavy (non-hydrogen) atoms. The first-order valence-corrected chi connectivity index (χ1v) is 10.2. The Morgan fingerprint density at radius 1 is 1.14 bits per heavy atom. The Hall–Kier alpha value is -2.33. The second-order valence-corrected chi connectivity index (χ2v) is 7.50. The molecular formula is C24H31NO3. The van der Waals surface area contributed by atoms with Crippen molar-refractivity contribution in [2.45, 2.75) is 50.7 Å². The third-order valence-electron chi connectivity index (χ3n) is 5.59. The number of hydrogen-bond donors (Lipinski definition) is 0. The second kappa shape index (κ2) is 9.24. The van der Waals surface area contributed by atoms with Crippen molar-refractivity contribution in [1.29, 1.82) is 0 Å². The lowest BCUT2D eigenvalue weighted by atomic mass is 9.89. The maximum absolute atomic E-state index is 13.4. The molecule has 4 nitrogen and oxygen atoms in total. The summed E-state index contributed by atoms with van der Waals surface area (Å²) in [5.41, 5.74) is 1.25. The Balaban J connectivity index is 1.70. The molecule has 1 fully saturated rings. The van der Waals surface area contributed by atoms with Crippen LogP contribution in [0, 0.1) is 0 Å². The first-order chi connectivity index (χ1) is 13.6. The zero-order valence-electron chi connectivity index (χ0n) is 17.2. The molecular weight excluding hydrogens is 350 g/mol. The summed E-state index contributed by atoms with van der Waals surface area (Å²) in [5.74, 6) is 0.942. The summed E-state index contributed by atoms with van der Waals surface area (Å²) in [6.07, 6.45) is 4.53. The number of likely N-dealkylation sites (N-methyl/N-ethyl adjacent to an activating group) is 1. The molecule has 0 aliphatic heterocycles. The Morgan fingerprint density at radius 2 is 1.89 bits per heavy atom. The number of methoxy groups -OCH3 is 1. The molecule has 0 radical (unpaired) electrons. The van der Waals surface area contributed by atoms with Crippen LogP contribution >= 0.6 is 0 Å². The van der Waals surface area contributed by atoms with E-state index >= 15 is 0 Å². The predicted octanol–water partition coefficient (Wildman–Crippen LogP) is 4.57. The van der Waals surface area contributed by atoms with E-state index in [0.29, 0.717) is 19.1 Å². The smallest absolute Gasteiger partial charge is 0.259 e. The molecule has 150 valence electrons. The van der Waals surface area contributed by atoms with E-state index in [1.807, 2.05) is 61.3 Å². The largest absolute Gasteiger partial charge is 0.497 e. The van der Waals surface area contributed by atoms with Crippen molar-refractivity contribution in [2.75, 3.05) is 20.8 Å². The average molecular weight is 382 g/mol. The number of amides is 1. The second-order valence-electron chi connectivity index (χ2n) is 7.50. The fraction of sp³-hybridized carbons (Fsp3) is 0.458. The van der Waals surface area contributed by atoms with Gasteiger partial charge in [-0.2, -0.15) is 0 Å². The lowest BCUT2D eigenvalue weighted by Gasteiger charge is -2.36. The van der Waals surface area contributed by atoms with Gasteiger partial charge in [-0.25, -0.2) is 0 Å². The molecule has 1 unspecified atom stereocenters. The minimum Gasteiger partial charge on any atom is -0.497 e.